The normalized spacial score (nSPS) is 10.8. The number of aromatic hydroxyl groups is 1. The number of hydrogen-bond donors (Lipinski definition) is 1. The Bertz CT molecular complexity index is 1040. The SMILES string of the molecule is Oc1ccccc1.[KH].c1ccc([PH](c2ccccc2)(c2ccccc2)c2ccccc2)cc1. The van der Waals surface area contributed by atoms with E-state index in [1.807, 2.05) is 6.07 Å². The Morgan fingerprint density at radius 2 is 0.545 bits per heavy atom. The van der Waals surface area contributed by atoms with Gasteiger partial charge < -0.3 is 5.11 Å². The number of benzene rings is 5. The molecule has 0 aliphatic heterocycles. The van der Waals surface area contributed by atoms with Crippen LogP contribution in [0.5, 0.6) is 5.75 Å². The number of phenolic OH excluding ortho intramolecular Hbond substituents is 1. The molecular formula is C30H28KOP. The Balaban J connectivity index is 0.000000330. The number of para-hydroxylation sites is 1. The maximum atomic E-state index is 8.63. The maximum absolute atomic E-state index is 8.63. The first-order valence-corrected chi connectivity index (χ1v) is 12.8. The van der Waals surface area contributed by atoms with E-state index in [0.29, 0.717) is 5.75 Å². The standard InChI is InChI=1S/C24H21P.C6H6O.K.H/c1-5-13-21(14-6-1)25(22-15-7-2-8-16-22,23-17-9-3-10-18-23)24-19-11-4-12-20-24;7-6-4-2-1-3-5-6;;/h1-20,25H;1-5,7H;;. The molecule has 0 amide bonds. The molecule has 5 aromatic carbocycles. The average molecular weight is 475 g/mol. The zero-order valence-corrected chi connectivity index (χ0v) is 18.9. The molecule has 0 aliphatic carbocycles. The van der Waals surface area contributed by atoms with Crippen molar-refractivity contribution in [2.24, 2.45) is 0 Å². The van der Waals surface area contributed by atoms with Gasteiger partial charge in [0.1, 0.15) is 5.75 Å². The van der Waals surface area contributed by atoms with Crippen LogP contribution >= 0.6 is 7.26 Å². The first kappa shape index (κ1) is 25.6. The van der Waals surface area contributed by atoms with Crippen molar-refractivity contribution >= 4 is 79.9 Å². The van der Waals surface area contributed by atoms with Crippen LogP contribution in [-0.2, 0) is 0 Å². The van der Waals surface area contributed by atoms with Crippen LogP contribution in [0.15, 0.2) is 152 Å². The molecule has 0 spiro atoms. The van der Waals surface area contributed by atoms with Crippen molar-refractivity contribution in [2.45, 2.75) is 0 Å². The van der Waals surface area contributed by atoms with Gasteiger partial charge in [0.2, 0.25) is 0 Å². The Labute approximate surface area is 239 Å². The molecule has 5 aromatic rings. The second-order valence-electron chi connectivity index (χ2n) is 7.55. The molecule has 0 unspecified atom stereocenters. The van der Waals surface area contributed by atoms with Crippen LogP contribution in [0.4, 0.5) is 0 Å². The van der Waals surface area contributed by atoms with Gasteiger partial charge in [-0.2, -0.15) is 0 Å². The van der Waals surface area contributed by atoms with E-state index in [2.05, 4.69) is 121 Å². The van der Waals surface area contributed by atoms with Crippen molar-refractivity contribution in [3.8, 4) is 5.75 Å². The van der Waals surface area contributed by atoms with E-state index in [1.54, 1.807) is 24.3 Å². The van der Waals surface area contributed by atoms with Crippen molar-refractivity contribution in [1.29, 1.82) is 0 Å². The number of hydrogen-bond acceptors (Lipinski definition) is 1. The van der Waals surface area contributed by atoms with Crippen molar-refractivity contribution in [2.75, 3.05) is 0 Å². The third-order valence-electron chi connectivity index (χ3n) is 5.58. The Morgan fingerprint density at radius 1 is 0.333 bits per heavy atom. The average Bonchev–Trinajstić information content (AvgIpc) is 2.88. The number of phenols is 1. The molecule has 33 heavy (non-hydrogen) atoms. The molecule has 0 fully saturated rings. The van der Waals surface area contributed by atoms with Crippen molar-refractivity contribution in [3.63, 3.8) is 0 Å². The Morgan fingerprint density at radius 3 is 0.727 bits per heavy atom. The molecular weight excluding hydrogens is 446 g/mol. The van der Waals surface area contributed by atoms with E-state index >= 15 is 0 Å². The second-order valence-corrected chi connectivity index (χ2v) is 11.4. The van der Waals surface area contributed by atoms with Gasteiger partial charge >= 0.3 is 201 Å². The molecule has 0 heterocycles. The van der Waals surface area contributed by atoms with Gasteiger partial charge in [0.25, 0.3) is 0 Å². The topological polar surface area (TPSA) is 20.2 Å². The summed E-state index contributed by atoms with van der Waals surface area (Å²) < 4.78 is 0. The molecule has 0 atom stereocenters. The summed E-state index contributed by atoms with van der Waals surface area (Å²) in [4.78, 5) is 0. The van der Waals surface area contributed by atoms with Crippen LogP contribution in [0.2, 0.25) is 0 Å². The van der Waals surface area contributed by atoms with Crippen molar-refractivity contribution in [1.82, 2.24) is 0 Å². The number of rotatable bonds is 4. The first-order chi connectivity index (χ1) is 15.8. The molecule has 160 valence electrons. The zero-order valence-electron chi connectivity index (χ0n) is 17.9. The monoisotopic (exact) mass is 474 g/mol. The fraction of sp³-hybridized carbons (Fsp3) is 0. The van der Waals surface area contributed by atoms with Crippen LogP contribution in [0.1, 0.15) is 0 Å². The van der Waals surface area contributed by atoms with Crippen LogP contribution in [-0.4, -0.2) is 56.5 Å². The van der Waals surface area contributed by atoms with E-state index < -0.39 is 7.26 Å². The third-order valence-corrected chi connectivity index (χ3v) is 10.4. The molecule has 0 aliphatic rings. The molecule has 1 N–H and O–H groups in total. The summed E-state index contributed by atoms with van der Waals surface area (Å²) >= 11 is 0. The molecule has 0 saturated carbocycles. The summed E-state index contributed by atoms with van der Waals surface area (Å²) in [7, 11) is -2.30. The van der Waals surface area contributed by atoms with Gasteiger partial charge in [-0.05, 0) is 12.1 Å². The van der Waals surface area contributed by atoms with E-state index in [0.717, 1.165) is 0 Å². The summed E-state index contributed by atoms with van der Waals surface area (Å²) in [6.45, 7) is 0. The van der Waals surface area contributed by atoms with Crippen LogP contribution < -0.4 is 21.2 Å². The summed E-state index contributed by atoms with van der Waals surface area (Å²) in [5.74, 6) is 0.322. The summed E-state index contributed by atoms with van der Waals surface area (Å²) in [5.41, 5.74) is 0. The fourth-order valence-corrected chi connectivity index (χ4v) is 8.95. The molecule has 0 radical (unpaired) electrons. The summed E-state index contributed by atoms with van der Waals surface area (Å²) in [5, 5.41) is 14.3. The first-order valence-electron chi connectivity index (χ1n) is 10.8. The third kappa shape index (κ3) is 6.10. The predicted octanol–water partition coefficient (Wildman–Crippen LogP) is 4.78. The zero-order chi connectivity index (χ0) is 22.1. The van der Waals surface area contributed by atoms with Crippen LogP contribution in [0, 0.1) is 0 Å². The van der Waals surface area contributed by atoms with Gasteiger partial charge in [0.05, 0.1) is 0 Å². The van der Waals surface area contributed by atoms with Gasteiger partial charge in [-0.15, -0.1) is 0 Å². The van der Waals surface area contributed by atoms with Gasteiger partial charge in [0.15, 0.2) is 0 Å². The van der Waals surface area contributed by atoms with E-state index in [4.69, 9.17) is 5.11 Å². The second kappa shape index (κ2) is 13.0. The van der Waals surface area contributed by atoms with Crippen LogP contribution in [0.3, 0.4) is 0 Å². The van der Waals surface area contributed by atoms with Crippen molar-refractivity contribution in [3.05, 3.63) is 152 Å². The summed E-state index contributed by atoms with van der Waals surface area (Å²) in [6.07, 6.45) is 0. The minimum atomic E-state index is -2.30. The minimum absolute atomic E-state index is 0. The van der Waals surface area contributed by atoms with Gasteiger partial charge in [-0.25, -0.2) is 0 Å². The van der Waals surface area contributed by atoms with Gasteiger partial charge in [-0.1, -0.05) is 18.2 Å². The van der Waals surface area contributed by atoms with Crippen LogP contribution in [0.25, 0.3) is 0 Å². The molecule has 0 saturated heterocycles. The Hall–Kier alpha value is -2.03. The Kier molecular flexibility index (Phi) is 10.1. The van der Waals surface area contributed by atoms with E-state index in [1.165, 1.54) is 21.2 Å². The molecule has 0 bridgehead atoms. The quantitative estimate of drug-likeness (QED) is 0.294. The molecule has 5 rings (SSSR count). The summed E-state index contributed by atoms with van der Waals surface area (Å²) in [6, 6.07) is 52.7. The van der Waals surface area contributed by atoms with E-state index in [9.17, 15) is 0 Å². The van der Waals surface area contributed by atoms with Gasteiger partial charge in [-0.3, -0.25) is 0 Å². The fourth-order valence-electron chi connectivity index (χ4n) is 4.18. The molecule has 0 aromatic heterocycles. The van der Waals surface area contributed by atoms with Gasteiger partial charge in [0, 0.05) is 0 Å². The molecule has 1 nitrogen and oxygen atoms in total. The molecule has 3 heteroatoms. The van der Waals surface area contributed by atoms with E-state index in [-0.39, 0.29) is 51.4 Å². The van der Waals surface area contributed by atoms with Crippen molar-refractivity contribution < 1.29 is 5.11 Å². The predicted molar refractivity (Wildman–Crippen MR) is 148 cm³/mol.